The number of amides is 1. The van der Waals surface area contributed by atoms with Gasteiger partial charge < -0.3 is 4.90 Å². The Morgan fingerprint density at radius 3 is 2.58 bits per heavy atom. The van der Waals surface area contributed by atoms with Gasteiger partial charge in [-0.1, -0.05) is 42.5 Å². The minimum atomic E-state index is -0.498. The van der Waals surface area contributed by atoms with Crippen LogP contribution in [0.3, 0.4) is 0 Å². The Labute approximate surface area is 150 Å². The van der Waals surface area contributed by atoms with Gasteiger partial charge in [-0.15, -0.1) is 0 Å². The minimum absolute atomic E-state index is 0.0212. The van der Waals surface area contributed by atoms with Crippen LogP contribution in [-0.2, 0) is 16.0 Å². The van der Waals surface area contributed by atoms with Gasteiger partial charge in [0.1, 0.15) is 11.9 Å². The van der Waals surface area contributed by atoms with Crippen LogP contribution in [0.2, 0.25) is 0 Å². The number of carbonyl (C=O) groups is 2. The summed E-state index contributed by atoms with van der Waals surface area (Å²) in [6.45, 7) is 0. The summed E-state index contributed by atoms with van der Waals surface area (Å²) >= 11 is 0. The van der Waals surface area contributed by atoms with E-state index in [1.165, 1.54) is 12.1 Å². The molecule has 0 radical (unpaired) electrons. The third kappa shape index (κ3) is 2.18. The van der Waals surface area contributed by atoms with Crippen LogP contribution in [0.25, 0.3) is 10.8 Å². The summed E-state index contributed by atoms with van der Waals surface area (Å²) < 4.78 is 13.5. The Balaban J connectivity index is 1.61. The molecule has 2 heterocycles. The molecule has 2 aliphatic heterocycles. The third-order valence-corrected chi connectivity index (χ3v) is 5.52. The molecule has 0 bridgehead atoms. The molecule has 26 heavy (non-hydrogen) atoms. The highest BCUT2D eigenvalue weighted by molar-refractivity contribution is 6.09. The second kappa shape index (κ2) is 5.49. The largest absolute Gasteiger partial charge is 0.301 e. The van der Waals surface area contributed by atoms with Gasteiger partial charge in [0, 0.05) is 24.4 Å². The van der Waals surface area contributed by atoms with E-state index < -0.39 is 6.04 Å². The average molecular weight is 345 g/mol. The number of nitrogens with zero attached hydrogens (tertiary/aromatic N) is 1. The molecule has 5 rings (SSSR count). The number of Topliss-reactive ketones (excluding diaryl/α,β-unsaturated/α-hetero) is 1. The highest BCUT2D eigenvalue weighted by Gasteiger charge is 2.48. The summed E-state index contributed by atoms with van der Waals surface area (Å²) in [5.41, 5.74) is 2.27. The fourth-order valence-electron chi connectivity index (χ4n) is 4.35. The van der Waals surface area contributed by atoms with E-state index in [1.54, 1.807) is 11.0 Å². The maximum Gasteiger partial charge on any atom is 0.228 e. The molecule has 3 nitrogen and oxygen atoms in total. The van der Waals surface area contributed by atoms with Crippen molar-refractivity contribution in [2.75, 3.05) is 4.90 Å². The zero-order valence-electron chi connectivity index (χ0n) is 14.0. The highest BCUT2D eigenvalue weighted by atomic mass is 19.1. The molecule has 0 unspecified atom stereocenters. The minimum Gasteiger partial charge on any atom is -0.301 e. The summed E-state index contributed by atoms with van der Waals surface area (Å²) in [7, 11) is 0. The predicted octanol–water partition coefficient (Wildman–Crippen LogP) is 3.99. The second-order valence-corrected chi connectivity index (χ2v) is 7.04. The molecular weight excluding hydrogens is 329 g/mol. The van der Waals surface area contributed by atoms with Gasteiger partial charge in [-0.2, -0.15) is 0 Å². The Bertz CT molecular complexity index is 1070. The molecule has 1 saturated heterocycles. The Hall–Kier alpha value is -3.01. The topological polar surface area (TPSA) is 37.4 Å². The summed E-state index contributed by atoms with van der Waals surface area (Å²) in [5, 5.41) is 2.23. The van der Waals surface area contributed by atoms with Crippen molar-refractivity contribution in [3.05, 3.63) is 77.6 Å². The van der Waals surface area contributed by atoms with Gasteiger partial charge in [0.05, 0.1) is 0 Å². The fourth-order valence-corrected chi connectivity index (χ4v) is 4.35. The fraction of sp³-hybridized carbons (Fsp3) is 0.182. The summed E-state index contributed by atoms with van der Waals surface area (Å²) in [6.07, 6.45) is 0.469. The molecule has 0 N–H and O–H groups in total. The van der Waals surface area contributed by atoms with Crippen molar-refractivity contribution in [2.45, 2.75) is 24.8 Å². The molecular formula is C22H16FNO2. The molecule has 0 spiro atoms. The number of hydrogen-bond donors (Lipinski definition) is 0. The Morgan fingerprint density at radius 2 is 1.73 bits per heavy atom. The first-order valence-corrected chi connectivity index (χ1v) is 8.74. The zero-order valence-corrected chi connectivity index (χ0v) is 14.0. The van der Waals surface area contributed by atoms with Crippen LogP contribution in [0.5, 0.6) is 0 Å². The van der Waals surface area contributed by atoms with E-state index in [0.717, 1.165) is 16.3 Å². The molecule has 3 aromatic carbocycles. The molecule has 128 valence electrons. The van der Waals surface area contributed by atoms with E-state index in [-0.39, 0.29) is 29.8 Å². The van der Waals surface area contributed by atoms with Crippen LogP contribution >= 0.6 is 0 Å². The van der Waals surface area contributed by atoms with Gasteiger partial charge in [-0.05, 0) is 40.1 Å². The third-order valence-electron chi connectivity index (χ3n) is 5.52. The number of anilines is 1. The maximum atomic E-state index is 13.5. The quantitative estimate of drug-likeness (QED) is 0.669. The van der Waals surface area contributed by atoms with Gasteiger partial charge in [-0.3, -0.25) is 9.59 Å². The van der Waals surface area contributed by atoms with Crippen molar-refractivity contribution in [3.63, 3.8) is 0 Å². The van der Waals surface area contributed by atoms with Crippen LogP contribution < -0.4 is 4.90 Å². The van der Waals surface area contributed by atoms with Gasteiger partial charge in [0.2, 0.25) is 5.91 Å². The van der Waals surface area contributed by atoms with Crippen molar-refractivity contribution in [1.82, 2.24) is 0 Å². The van der Waals surface area contributed by atoms with Crippen molar-refractivity contribution >= 4 is 28.2 Å². The molecule has 1 amide bonds. The van der Waals surface area contributed by atoms with E-state index >= 15 is 0 Å². The van der Waals surface area contributed by atoms with E-state index in [9.17, 15) is 14.0 Å². The van der Waals surface area contributed by atoms with Crippen molar-refractivity contribution < 1.29 is 14.0 Å². The number of ketones is 1. The van der Waals surface area contributed by atoms with Crippen molar-refractivity contribution in [3.8, 4) is 0 Å². The first kappa shape index (κ1) is 15.3. The van der Waals surface area contributed by atoms with Gasteiger partial charge in [-0.25, -0.2) is 4.39 Å². The standard InChI is InChI=1S/C22H16FNO2/c23-17-7-8-19-16(10-17)11-20(25)22-18(12-21(26)24(19)22)15-6-5-13-3-1-2-4-14(13)9-15/h1-10,18,22H,11-12H2/t18-,22+/m0/s1. The van der Waals surface area contributed by atoms with E-state index in [4.69, 9.17) is 0 Å². The van der Waals surface area contributed by atoms with E-state index in [1.807, 2.05) is 36.4 Å². The van der Waals surface area contributed by atoms with Crippen LogP contribution in [0.4, 0.5) is 10.1 Å². The summed E-state index contributed by atoms with van der Waals surface area (Å²) in [6, 6.07) is 18.0. The lowest BCUT2D eigenvalue weighted by Crippen LogP contribution is -2.45. The molecule has 1 fully saturated rings. The molecule has 2 aliphatic rings. The van der Waals surface area contributed by atoms with Gasteiger partial charge >= 0.3 is 0 Å². The normalized spacial score (nSPS) is 21.8. The van der Waals surface area contributed by atoms with Crippen molar-refractivity contribution in [2.24, 2.45) is 0 Å². The molecule has 2 atom stereocenters. The number of fused-ring (bicyclic) bond motifs is 4. The highest BCUT2D eigenvalue weighted by Crippen LogP contribution is 2.43. The molecule has 0 aliphatic carbocycles. The van der Waals surface area contributed by atoms with Crippen molar-refractivity contribution in [1.29, 1.82) is 0 Å². The number of rotatable bonds is 1. The second-order valence-electron chi connectivity index (χ2n) is 7.04. The lowest BCUT2D eigenvalue weighted by molar-refractivity contribution is -0.122. The first-order valence-electron chi connectivity index (χ1n) is 8.74. The Morgan fingerprint density at radius 1 is 0.923 bits per heavy atom. The van der Waals surface area contributed by atoms with E-state index in [0.29, 0.717) is 17.7 Å². The van der Waals surface area contributed by atoms with E-state index in [2.05, 4.69) is 6.07 Å². The SMILES string of the molecule is O=C1Cc2cc(F)ccc2N2C(=O)C[C@@H](c3ccc4ccccc4c3)[C@H]12. The lowest BCUT2D eigenvalue weighted by Gasteiger charge is -2.33. The number of carbonyl (C=O) groups excluding carboxylic acids is 2. The number of benzene rings is 3. The molecule has 3 aromatic rings. The molecule has 0 aromatic heterocycles. The number of halogens is 1. The monoisotopic (exact) mass is 345 g/mol. The summed E-state index contributed by atoms with van der Waals surface area (Å²) in [5.74, 6) is -0.647. The Kier molecular flexibility index (Phi) is 3.23. The lowest BCUT2D eigenvalue weighted by atomic mass is 9.84. The van der Waals surface area contributed by atoms with Crippen LogP contribution in [0.1, 0.15) is 23.5 Å². The molecule has 4 heteroatoms. The van der Waals surface area contributed by atoms with Gasteiger partial charge in [0.25, 0.3) is 0 Å². The van der Waals surface area contributed by atoms with Crippen LogP contribution in [0, 0.1) is 5.82 Å². The summed E-state index contributed by atoms with van der Waals surface area (Å²) in [4.78, 5) is 27.1. The smallest absolute Gasteiger partial charge is 0.228 e. The zero-order chi connectivity index (χ0) is 17.8. The predicted molar refractivity (Wildman–Crippen MR) is 97.7 cm³/mol. The van der Waals surface area contributed by atoms with Crippen LogP contribution in [0.15, 0.2) is 60.7 Å². The van der Waals surface area contributed by atoms with Crippen LogP contribution in [-0.4, -0.2) is 17.7 Å². The van der Waals surface area contributed by atoms with Gasteiger partial charge in [0.15, 0.2) is 5.78 Å². The maximum absolute atomic E-state index is 13.5. The average Bonchev–Trinajstić information content (AvgIpc) is 2.99. The first-order chi connectivity index (χ1) is 12.6. The number of hydrogen-bond acceptors (Lipinski definition) is 2. The molecule has 0 saturated carbocycles.